The summed E-state index contributed by atoms with van der Waals surface area (Å²) in [6.45, 7) is 3.46. The zero-order chi connectivity index (χ0) is 13.1. The third-order valence-electron chi connectivity index (χ3n) is 3.03. The van der Waals surface area contributed by atoms with E-state index in [0.717, 1.165) is 25.7 Å². The molecule has 0 unspecified atom stereocenters. The first kappa shape index (κ1) is 15.9. The monoisotopic (exact) mass is 262 g/mol. The van der Waals surface area contributed by atoms with Gasteiger partial charge in [0.25, 0.3) is 0 Å². The fourth-order valence-electron chi connectivity index (χ4n) is 1.99. The van der Waals surface area contributed by atoms with E-state index in [-0.39, 0.29) is 12.2 Å². The van der Waals surface area contributed by atoms with Gasteiger partial charge in [-0.25, -0.2) is 0 Å². The molecule has 1 aliphatic carbocycles. The summed E-state index contributed by atoms with van der Waals surface area (Å²) in [6, 6.07) is 0. The molecule has 5 nitrogen and oxygen atoms in total. The van der Waals surface area contributed by atoms with Gasteiger partial charge in [0, 0.05) is 7.11 Å². The van der Waals surface area contributed by atoms with Crippen LogP contribution in [0.15, 0.2) is 0 Å². The molecule has 0 aromatic heterocycles. The van der Waals surface area contributed by atoms with E-state index in [9.17, 15) is 5.11 Å². The lowest BCUT2D eigenvalue weighted by atomic mass is 9.95. The van der Waals surface area contributed by atoms with Crippen LogP contribution >= 0.6 is 0 Å². The van der Waals surface area contributed by atoms with Gasteiger partial charge in [-0.15, -0.1) is 0 Å². The second kappa shape index (κ2) is 10.7. The summed E-state index contributed by atoms with van der Waals surface area (Å²) < 4.78 is 21.1. The van der Waals surface area contributed by atoms with Crippen molar-refractivity contribution < 1.29 is 24.1 Å². The van der Waals surface area contributed by atoms with Crippen molar-refractivity contribution in [2.75, 3.05) is 46.8 Å². The fourth-order valence-corrected chi connectivity index (χ4v) is 1.99. The molecule has 0 heterocycles. The highest BCUT2D eigenvalue weighted by molar-refractivity contribution is 4.74. The molecule has 0 aromatic carbocycles. The molecule has 1 saturated carbocycles. The van der Waals surface area contributed by atoms with Gasteiger partial charge in [-0.2, -0.15) is 0 Å². The van der Waals surface area contributed by atoms with E-state index < -0.39 is 0 Å². The molecule has 1 fully saturated rings. The van der Waals surface area contributed by atoms with Crippen molar-refractivity contribution in [1.29, 1.82) is 0 Å². The van der Waals surface area contributed by atoms with Crippen LogP contribution in [-0.2, 0) is 18.9 Å². The van der Waals surface area contributed by atoms with Crippen LogP contribution in [0, 0.1) is 0 Å². The van der Waals surface area contributed by atoms with Crippen molar-refractivity contribution in [2.24, 2.45) is 0 Å². The third-order valence-corrected chi connectivity index (χ3v) is 3.03. The normalized spacial score (nSPS) is 24.3. The van der Waals surface area contributed by atoms with E-state index in [1.807, 2.05) is 0 Å². The van der Waals surface area contributed by atoms with Crippen LogP contribution in [-0.4, -0.2) is 64.1 Å². The SMILES string of the molecule is COCCOCCOCCO[C@@H]1CCCC[C@H]1O. The molecule has 0 aliphatic heterocycles. The first-order valence-electron chi connectivity index (χ1n) is 6.78. The Bertz CT molecular complexity index is 188. The predicted molar refractivity (Wildman–Crippen MR) is 67.7 cm³/mol. The van der Waals surface area contributed by atoms with Crippen LogP contribution in [0.4, 0.5) is 0 Å². The van der Waals surface area contributed by atoms with Gasteiger partial charge in [0.1, 0.15) is 0 Å². The van der Waals surface area contributed by atoms with E-state index in [1.54, 1.807) is 7.11 Å². The lowest BCUT2D eigenvalue weighted by Gasteiger charge is -2.27. The van der Waals surface area contributed by atoms with Gasteiger partial charge in [0.15, 0.2) is 0 Å². The van der Waals surface area contributed by atoms with Crippen LogP contribution in [0.5, 0.6) is 0 Å². The number of methoxy groups -OCH3 is 1. The van der Waals surface area contributed by atoms with Crippen molar-refractivity contribution in [2.45, 2.75) is 37.9 Å². The van der Waals surface area contributed by atoms with Crippen molar-refractivity contribution in [1.82, 2.24) is 0 Å². The number of hydrogen-bond donors (Lipinski definition) is 1. The van der Waals surface area contributed by atoms with E-state index in [4.69, 9.17) is 18.9 Å². The molecular formula is C13H26O5. The highest BCUT2D eigenvalue weighted by atomic mass is 16.6. The molecule has 1 N–H and O–H groups in total. The van der Waals surface area contributed by atoms with Crippen LogP contribution in [0.3, 0.4) is 0 Å². The van der Waals surface area contributed by atoms with Crippen LogP contribution in [0.2, 0.25) is 0 Å². The first-order valence-corrected chi connectivity index (χ1v) is 6.78. The van der Waals surface area contributed by atoms with Crippen molar-refractivity contribution in [3.05, 3.63) is 0 Å². The van der Waals surface area contributed by atoms with Gasteiger partial charge >= 0.3 is 0 Å². The average Bonchev–Trinajstić information content (AvgIpc) is 2.39. The quantitative estimate of drug-likeness (QED) is 0.595. The topological polar surface area (TPSA) is 57.2 Å². The molecule has 2 atom stereocenters. The standard InChI is InChI=1S/C13H26O5/c1-15-6-7-16-8-9-17-10-11-18-13-5-3-2-4-12(13)14/h12-14H,2-11H2,1H3/t12-,13-/m1/s1. The molecule has 1 rings (SSSR count). The molecule has 0 radical (unpaired) electrons. The molecular weight excluding hydrogens is 236 g/mol. The number of ether oxygens (including phenoxy) is 4. The zero-order valence-electron chi connectivity index (χ0n) is 11.3. The van der Waals surface area contributed by atoms with E-state index >= 15 is 0 Å². The Labute approximate surface area is 109 Å². The van der Waals surface area contributed by atoms with Gasteiger partial charge < -0.3 is 24.1 Å². The Morgan fingerprint density at radius 1 is 0.889 bits per heavy atom. The molecule has 108 valence electrons. The Balaban J connectivity index is 1.83. The summed E-state index contributed by atoms with van der Waals surface area (Å²) in [4.78, 5) is 0. The van der Waals surface area contributed by atoms with E-state index in [2.05, 4.69) is 0 Å². The summed E-state index contributed by atoms with van der Waals surface area (Å²) in [5.74, 6) is 0. The lowest BCUT2D eigenvalue weighted by Crippen LogP contribution is -2.33. The highest BCUT2D eigenvalue weighted by Crippen LogP contribution is 2.20. The molecule has 18 heavy (non-hydrogen) atoms. The molecule has 5 heteroatoms. The van der Waals surface area contributed by atoms with Gasteiger partial charge in [0.2, 0.25) is 0 Å². The van der Waals surface area contributed by atoms with Crippen molar-refractivity contribution in [3.63, 3.8) is 0 Å². The van der Waals surface area contributed by atoms with Gasteiger partial charge in [0.05, 0.1) is 51.8 Å². The third kappa shape index (κ3) is 7.28. The summed E-state index contributed by atoms with van der Waals surface area (Å²) in [7, 11) is 1.65. The molecule has 0 spiro atoms. The number of hydrogen-bond acceptors (Lipinski definition) is 5. The largest absolute Gasteiger partial charge is 0.390 e. The molecule has 1 aliphatic rings. The Kier molecular flexibility index (Phi) is 9.42. The minimum Gasteiger partial charge on any atom is -0.390 e. The van der Waals surface area contributed by atoms with Crippen molar-refractivity contribution in [3.8, 4) is 0 Å². The predicted octanol–water partition coefficient (Wildman–Crippen LogP) is 0.986. The molecule has 0 aromatic rings. The molecule has 0 bridgehead atoms. The maximum absolute atomic E-state index is 9.69. The number of aliphatic hydroxyl groups is 1. The minimum atomic E-state index is -0.295. The second-order valence-corrected chi connectivity index (χ2v) is 4.48. The van der Waals surface area contributed by atoms with Gasteiger partial charge in [-0.1, -0.05) is 12.8 Å². The fraction of sp³-hybridized carbons (Fsp3) is 1.00. The Morgan fingerprint density at radius 3 is 2.17 bits per heavy atom. The van der Waals surface area contributed by atoms with E-state index in [1.165, 1.54) is 0 Å². The lowest BCUT2D eigenvalue weighted by molar-refractivity contribution is -0.0766. The van der Waals surface area contributed by atoms with Gasteiger partial charge in [-0.05, 0) is 12.8 Å². The molecule has 0 amide bonds. The second-order valence-electron chi connectivity index (χ2n) is 4.48. The smallest absolute Gasteiger partial charge is 0.0835 e. The summed E-state index contributed by atoms with van der Waals surface area (Å²) in [6.07, 6.45) is 3.78. The average molecular weight is 262 g/mol. The van der Waals surface area contributed by atoms with Crippen LogP contribution < -0.4 is 0 Å². The maximum Gasteiger partial charge on any atom is 0.0835 e. The van der Waals surface area contributed by atoms with Gasteiger partial charge in [-0.3, -0.25) is 0 Å². The minimum absolute atomic E-state index is 0.000281. The van der Waals surface area contributed by atoms with Crippen molar-refractivity contribution >= 4 is 0 Å². The Hall–Kier alpha value is -0.200. The number of rotatable bonds is 10. The van der Waals surface area contributed by atoms with Crippen LogP contribution in [0.1, 0.15) is 25.7 Å². The zero-order valence-corrected chi connectivity index (χ0v) is 11.3. The summed E-state index contributed by atoms with van der Waals surface area (Å²) >= 11 is 0. The van der Waals surface area contributed by atoms with Crippen LogP contribution in [0.25, 0.3) is 0 Å². The molecule has 0 saturated heterocycles. The maximum atomic E-state index is 9.69. The number of aliphatic hydroxyl groups excluding tert-OH is 1. The van der Waals surface area contributed by atoms with E-state index in [0.29, 0.717) is 39.6 Å². The highest BCUT2D eigenvalue weighted by Gasteiger charge is 2.23. The summed E-state index contributed by atoms with van der Waals surface area (Å²) in [5.41, 5.74) is 0. The Morgan fingerprint density at radius 2 is 1.50 bits per heavy atom. The first-order chi connectivity index (χ1) is 8.84. The summed E-state index contributed by atoms with van der Waals surface area (Å²) in [5, 5.41) is 9.69.